The summed E-state index contributed by atoms with van der Waals surface area (Å²) in [6.07, 6.45) is -2.29. The number of hydrogen-bond donors (Lipinski definition) is 0. The summed E-state index contributed by atoms with van der Waals surface area (Å²) in [5.41, 5.74) is 0.982. The lowest BCUT2D eigenvalue weighted by atomic mass is 10.2. The minimum atomic E-state index is -4.54. The van der Waals surface area contributed by atoms with Crippen molar-refractivity contribution in [1.29, 1.82) is 0 Å². The monoisotopic (exact) mass is 519 g/mol. The predicted octanol–water partition coefficient (Wildman–Crippen LogP) is 5.93. The lowest BCUT2D eigenvalue weighted by Gasteiger charge is -2.12. The minimum Gasteiger partial charge on any atom is -0.497 e. The number of benzene rings is 1. The number of rotatable bonds is 7. The van der Waals surface area contributed by atoms with Gasteiger partial charge in [-0.05, 0) is 30.5 Å². The topological polar surface area (TPSA) is 73.3 Å². The van der Waals surface area contributed by atoms with Gasteiger partial charge in [0.05, 0.1) is 12.8 Å². The smallest absolute Gasteiger partial charge is 0.434 e. The highest BCUT2D eigenvalue weighted by molar-refractivity contribution is 7.14. The van der Waals surface area contributed by atoms with Gasteiger partial charge >= 0.3 is 6.18 Å². The van der Waals surface area contributed by atoms with E-state index in [4.69, 9.17) is 14.5 Å². The first-order valence-corrected chi connectivity index (χ1v) is 12.5. The van der Waals surface area contributed by atoms with E-state index in [0.717, 1.165) is 59.1 Å². The van der Waals surface area contributed by atoms with E-state index in [1.165, 1.54) is 11.3 Å². The molecule has 7 nitrogen and oxygen atoms in total. The zero-order valence-electron chi connectivity index (χ0n) is 18.6. The molecular formula is C23H20F3N5O2S2. The summed E-state index contributed by atoms with van der Waals surface area (Å²) < 4.78 is 50.4. The standard InChI is InChI=1S/C23H20F3N5O2S2/c1-32-15-6-4-14(5-7-15)11-33-19-10-16(17-12-35-22(28-17)31-8-2-3-9-31)27-20(30-19)21-29-18(13-34-21)23(24,25)26/h4-7,10,12-13H,2-3,8-9,11H2,1H3. The number of nitrogens with zero attached hydrogens (tertiary/aromatic N) is 5. The summed E-state index contributed by atoms with van der Waals surface area (Å²) in [6.45, 7) is 2.12. The van der Waals surface area contributed by atoms with E-state index in [1.807, 2.05) is 29.6 Å². The summed E-state index contributed by atoms with van der Waals surface area (Å²) in [7, 11) is 1.59. The molecule has 1 aliphatic heterocycles. The molecular weight excluding hydrogens is 499 g/mol. The van der Waals surface area contributed by atoms with Crippen LogP contribution in [0.15, 0.2) is 41.1 Å². The number of thiazole rings is 2. The second-order valence-electron chi connectivity index (χ2n) is 7.80. The predicted molar refractivity (Wildman–Crippen MR) is 128 cm³/mol. The molecule has 3 aromatic heterocycles. The molecule has 4 aromatic rings. The number of anilines is 1. The van der Waals surface area contributed by atoms with E-state index < -0.39 is 11.9 Å². The van der Waals surface area contributed by atoms with Crippen molar-refractivity contribution < 1.29 is 22.6 Å². The van der Waals surface area contributed by atoms with Crippen LogP contribution >= 0.6 is 22.7 Å². The van der Waals surface area contributed by atoms with Crippen LogP contribution in [0.3, 0.4) is 0 Å². The van der Waals surface area contributed by atoms with Crippen LogP contribution in [0.4, 0.5) is 18.3 Å². The maximum atomic E-state index is 13.1. The van der Waals surface area contributed by atoms with Crippen molar-refractivity contribution >= 4 is 27.8 Å². The van der Waals surface area contributed by atoms with E-state index >= 15 is 0 Å². The quantitative estimate of drug-likeness (QED) is 0.300. The van der Waals surface area contributed by atoms with E-state index in [2.05, 4.69) is 19.9 Å². The fourth-order valence-corrected chi connectivity index (χ4v) is 5.18. The Balaban J connectivity index is 1.46. The highest BCUT2D eigenvalue weighted by atomic mass is 32.1. The Bertz CT molecular complexity index is 1300. The van der Waals surface area contributed by atoms with Gasteiger partial charge in [-0.15, -0.1) is 22.7 Å². The molecule has 1 aromatic carbocycles. The minimum absolute atomic E-state index is 0.0588. The molecule has 35 heavy (non-hydrogen) atoms. The summed E-state index contributed by atoms with van der Waals surface area (Å²) >= 11 is 2.34. The summed E-state index contributed by atoms with van der Waals surface area (Å²) in [5.74, 6) is 1.01. The number of alkyl halides is 3. The normalized spacial score (nSPS) is 13.9. The highest BCUT2D eigenvalue weighted by Crippen LogP contribution is 2.35. The molecule has 12 heteroatoms. The Hall–Kier alpha value is -3.25. The van der Waals surface area contributed by atoms with E-state index in [-0.39, 0.29) is 23.3 Å². The first kappa shape index (κ1) is 23.5. The molecule has 0 amide bonds. The molecule has 0 aliphatic carbocycles. The molecule has 0 atom stereocenters. The van der Waals surface area contributed by atoms with Gasteiger partial charge in [0.15, 0.2) is 21.7 Å². The van der Waals surface area contributed by atoms with Crippen LogP contribution in [0.5, 0.6) is 11.6 Å². The third-order valence-electron chi connectivity index (χ3n) is 5.37. The fourth-order valence-electron chi connectivity index (χ4n) is 3.55. The summed E-state index contributed by atoms with van der Waals surface area (Å²) in [6, 6.07) is 9.01. The molecule has 0 radical (unpaired) electrons. The Morgan fingerprint density at radius 2 is 1.71 bits per heavy atom. The maximum absolute atomic E-state index is 13.1. The van der Waals surface area contributed by atoms with Gasteiger partial charge in [-0.25, -0.2) is 15.0 Å². The van der Waals surface area contributed by atoms with Gasteiger partial charge in [-0.1, -0.05) is 12.1 Å². The van der Waals surface area contributed by atoms with Crippen LogP contribution in [-0.2, 0) is 12.8 Å². The molecule has 5 rings (SSSR count). The van der Waals surface area contributed by atoms with Crippen molar-refractivity contribution in [3.63, 3.8) is 0 Å². The van der Waals surface area contributed by atoms with Crippen LogP contribution in [0.1, 0.15) is 24.1 Å². The molecule has 4 heterocycles. The third-order valence-corrected chi connectivity index (χ3v) is 7.11. The molecule has 0 spiro atoms. The van der Waals surface area contributed by atoms with Crippen LogP contribution in [0.2, 0.25) is 0 Å². The van der Waals surface area contributed by atoms with Crippen molar-refractivity contribution in [3.8, 4) is 33.8 Å². The fraction of sp³-hybridized carbons (Fsp3) is 0.304. The molecule has 1 saturated heterocycles. The average Bonchev–Trinajstić information content (AvgIpc) is 3.63. The summed E-state index contributed by atoms with van der Waals surface area (Å²) in [4.78, 5) is 19.5. The zero-order valence-corrected chi connectivity index (χ0v) is 20.2. The van der Waals surface area contributed by atoms with Crippen LogP contribution in [0.25, 0.3) is 22.2 Å². The lowest BCUT2D eigenvalue weighted by Crippen LogP contribution is -2.17. The average molecular weight is 520 g/mol. The summed E-state index contributed by atoms with van der Waals surface area (Å²) in [5, 5.41) is 3.79. The maximum Gasteiger partial charge on any atom is 0.434 e. The molecule has 0 N–H and O–H groups in total. The Morgan fingerprint density at radius 1 is 0.943 bits per heavy atom. The van der Waals surface area contributed by atoms with Gasteiger partial charge in [-0.2, -0.15) is 18.2 Å². The number of hydrogen-bond acceptors (Lipinski definition) is 9. The third kappa shape index (κ3) is 5.38. The van der Waals surface area contributed by atoms with Crippen LogP contribution in [-0.4, -0.2) is 40.1 Å². The molecule has 0 unspecified atom stereocenters. The van der Waals surface area contributed by atoms with Gasteiger partial charge in [0.1, 0.15) is 18.1 Å². The highest BCUT2D eigenvalue weighted by Gasteiger charge is 2.34. The lowest BCUT2D eigenvalue weighted by molar-refractivity contribution is -0.140. The van der Waals surface area contributed by atoms with Crippen molar-refractivity contribution in [1.82, 2.24) is 19.9 Å². The largest absolute Gasteiger partial charge is 0.497 e. The zero-order chi connectivity index (χ0) is 24.4. The molecule has 0 bridgehead atoms. The van der Waals surface area contributed by atoms with Crippen molar-refractivity contribution in [2.45, 2.75) is 25.6 Å². The van der Waals surface area contributed by atoms with Gasteiger partial charge in [0.25, 0.3) is 0 Å². The molecule has 0 saturated carbocycles. The van der Waals surface area contributed by atoms with E-state index in [1.54, 1.807) is 13.2 Å². The van der Waals surface area contributed by atoms with Gasteiger partial charge in [-0.3, -0.25) is 0 Å². The van der Waals surface area contributed by atoms with Crippen LogP contribution < -0.4 is 14.4 Å². The van der Waals surface area contributed by atoms with Gasteiger partial charge in [0.2, 0.25) is 5.88 Å². The molecule has 1 aliphatic rings. The van der Waals surface area contributed by atoms with Crippen molar-refractivity contribution in [3.05, 3.63) is 52.3 Å². The first-order chi connectivity index (χ1) is 16.9. The van der Waals surface area contributed by atoms with Gasteiger partial charge in [0, 0.05) is 29.9 Å². The van der Waals surface area contributed by atoms with E-state index in [9.17, 15) is 13.2 Å². The van der Waals surface area contributed by atoms with Crippen molar-refractivity contribution in [2.24, 2.45) is 0 Å². The number of aromatic nitrogens is 4. The molecule has 1 fully saturated rings. The number of halogens is 3. The Kier molecular flexibility index (Phi) is 6.56. The Morgan fingerprint density at radius 3 is 2.40 bits per heavy atom. The molecule has 182 valence electrons. The second kappa shape index (κ2) is 9.78. The SMILES string of the molecule is COc1ccc(COc2cc(-c3csc(N4CCCC4)n3)nc(-c3nc(C(F)(F)F)cs3)n2)cc1. The number of methoxy groups -OCH3 is 1. The van der Waals surface area contributed by atoms with E-state index in [0.29, 0.717) is 11.4 Å². The number of ether oxygens (including phenoxy) is 2. The van der Waals surface area contributed by atoms with Crippen LogP contribution in [0, 0.1) is 0 Å². The second-order valence-corrected chi connectivity index (χ2v) is 9.49. The van der Waals surface area contributed by atoms with Gasteiger partial charge < -0.3 is 14.4 Å². The van der Waals surface area contributed by atoms with Crippen molar-refractivity contribution in [2.75, 3.05) is 25.1 Å². The Labute approximate surface area is 207 Å². The first-order valence-electron chi connectivity index (χ1n) is 10.8.